The molecule has 17 heavy (non-hydrogen) atoms. The van der Waals surface area contributed by atoms with Crippen molar-refractivity contribution < 1.29 is 0 Å². The topological polar surface area (TPSA) is 23.8 Å². The van der Waals surface area contributed by atoms with Gasteiger partial charge in [0.15, 0.2) is 0 Å². The van der Waals surface area contributed by atoms with Crippen molar-refractivity contribution in [1.82, 2.24) is 0 Å². The van der Waals surface area contributed by atoms with E-state index in [1.165, 1.54) is 5.56 Å². The molecule has 0 aliphatic carbocycles. The first kappa shape index (κ1) is 13.3. The molecule has 0 aliphatic heterocycles. The average molecular weight is 225 g/mol. The second kappa shape index (κ2) is 6.12. The summed E-state index contributed by atoms with van der Waals surface area (Å²) in [5.41, 5.74) is 2.54. The van der Waals surface area contributed by atoms with Crippen LogP contribution in [0.1, 0.15) is 51.2 Å². The number of nitriles is 1. The Bertz CT molecular complexity index is 461. The van der Waals surface area contributed by atoms with Crippen molar-refractivity contribution in [1.29, 1.82) is 5.26 Å². The summed E-state index contributed by atoms with van der Waals surface area (Å²) >= 11 is 0. The summed E-state index contributed by atoms with van der Waals surface area (Å²) in [5.74, 6) is 6.27. The van der Waals surface area contributed by atoms with E-state index < -0.39 is 0 Å². The van der Waals surface area contributed by atoms with Gasteiger partial charge in [0.1, 0.15) is 0 Å². The quantitative estimate of drug-likeness (QED) is 0.550. The molecule has 0 heterocycles. The van der Waals surface area contributed by atoms with E-state index in [1.54, 1.807) is 0 Å². The van der Waals surface area contributed by atoms with Crippen molar-refractivity contribution in [3.63, 3.8) is 0 Å². The number of unbranched alkanes of at least 4 members (excludes halogenated alkanes) is 2. The van der Waals surface area contributed by atoms with E-state index in [1.807, 2.05) is 6.07 Å². The number of hydrogen-bond donors (Lipinski definition) is 0. The lowest BCUT2D eigenvalue weighted by Gasteiger charge is -2.18. The van der Waals surface area contributed by atoms with E-state index in [-0.39, 0.29) is 5.41 Å². The van der Waals surface area contributed by atoms with Crippen LogP contribution in [0.5, 0.6) is 0 Å². The van der Waals surface area contributed by atoms with Gasteiger partial charge in [-0.15, -0.1) is 0 Å². The van der Waals surface area contributed by atoms with Crippen LogP contribution >= 0.6 is 0 Å². The molecule has 1 heteroatoms. The molecule has 0 saturated carbocycles. The minimum absolute atomic E-state index is 0.165. The van der Waals surface area contributed by atoms with Gasteiger partial charge < -0.3 is 0 Å². The Balaban J connectivity index is 2.70. The van der Waals surface area contributed by atoms with Crippen molar-refractivity contribution in [2.75, 3.05) is 0 Å². The zero-order valence-electron chi connectivity index (χ0n) is 10.9. The van der Waals surface area contributed by atoms with Gasteiger partial charge in [0.2, 0.25) is 0 Å². The molecule has 1 rings (SSSR count). The maximum absolute atomic E-state index is 8.41. The second-order valence-corrected chi connectivity index (χ2v) is 5.14. The van der Waals surface area contributed by atoms with E-state index in [0.29, 0.717) is 6.42 Å². The van der Waals surface area contributed by atoms with Gasteiger partial charge in [-0.3, -0.25) is 0 Å². The zero-order chi connectivity index (χ0) is 12.7. The van der Waals surface area contributed by atoms with Crippen LogP contribution in [0.25, 0.3) is 0 Å². The standard InChI is InChI=1S/C16H19N/c1-16(2,3)15-11-8-10-14(13-15)9-6-4-5-7-12-17/h8,10-11,13H,4-5,7H2,1-3H3. The summed E-state index contributed by atoms with van der Waals surface area (Å²) in [6.07, 6.45) is 2.26. The van der Waals surface area contributed by atoms with Gasteiger partial charge in [-0.2, -0.15) is 5.26 Å². The maximum Gasteiger partial charge on any atom is 0.0622 e. The summed E-state index contributed by atoms with van der Waals surface area (Å²) < 4.78 is 0. The van der Waals surface area contributed by atoms with Crippen LogP contribution in [0.3, 0.4) is 0 Å². The Hall–Kier alpha value is -1.73. The molecule has 0 amide bonds. The van der Waals surface area contributed by atoms with E-state index in [9.17, 15) is 0 Å². The minimum Gasteiger partial charge on any atom is -0.198 e. The molecular weight excluding hydrogens is 206 g/mol. The third kappa shape index (κ3) is 4.75. The highest BCUT2D eigenvalue weighted by Gasteiger charge is 2.12. The first-order valence-electron chi connectivity index (χ1n) is 6.00. The van der Waals surface area contributed by atoms with Crippen molar-refractivity contribution >= 4 is 0 Å². The fourth-order valence-corrected chi connectivity index (χ4v) is 1.48. The summed E-state index contributed by atoms with van der Waals surface area (Å²) in [6, 6.07) is 10.5. The smallest absolute Gasteiger partial charge is 0.0622 e. The third-order valence-corrected chi connectivity index (χ3v) is 2.55. The molecule has 0 fully saturated rings. The lowest BCUT2D eigenvalue weighted by atomic mass is 9.86. The number of benzene rings is 1. The number of hydrogen-bond acceptors (Lipinski definition) is 1. The Morgan fingerprint density at radius 2 is 1.94 bits per heavy atom. The highest BCUT2D eigenvalue weighted by molar-refractivity contribution is 5.39. The van der Waals surface area contributed by atoms with Crippen LogP contribution in [-0.2, 0) is 5.41 Å². The van der Waals surface area contributed by atoms with Gasteiger partial charge in [-0.1, -0.05) is 44.7 Å². The molecule has 0 spiro atoms. The molecular formula is C16H19N. The fourth-order valence-electron chi connectivity index (χ4n) is 1.48. The Labute approximate surface area is 104 Å². The van der Waals surface area contributed by atoms with E-state index in [2.05, 4.69) is 56.9 Å². The van der Waals surface area contributed by atoms with E-state index in [0.717, 1.165) is 18.4 Å². The zero-order valence-corrected chi connectivity index (χ0v) is 10.9. The molecule has 88 valence electrons. The van der Waals surface area contributed by atoms with Crippen LogP contribution in [0.4, 0.5) is 0 Å². The molecule has 0 aromatic heterocycles. The van der Waals surface area contributed by atoms with Gasteiger partial charge in [-0.25, -0.2) is 0 Å². The summed E-state index contributed by atoms with van der Waals surface area (Å²) in [4.78, 5) is 0. The highest BCUT2D eigenvalue weighted by Crippen LogP contribution is 2.22. The lowest BCUT2D eigenvalue weighted by molar-refractivity contribution is 0.590. The monoisotopic (exact) mass is 225 g/mol. The predicted molar refractivity (Wildman–Crippen MR) is 71.5 cm³/mol. The van der Waals surface area contributed by atoms with Crippen molar-refractivity contribution in [2.24, 2.45) is 0 Å². The molecule has 0 bridgehead atoms. The SMILES string of the molecule is CC(C)(C)c1cccc(C#CCCCC#N)c1. The summed E-state index contributed by atoms with van der Waals surface area (Å²) in [7, 11) is 0. The number of rotatable bonds is 2. The first-order valence-corrected chi connectivity index (χ1v) is 6.00. The Kier molecular flexibility index (Phi) is 4.80. The largest absolute Gasteiger partial charge is 0.198 e. The maximum atomic E-state index is 8.41. The summed E-state index contributed by atoms with van der Waals surface area (Å²) in [5, 5.41) is 8.41. The molecule has 0 N–H and O–H groups in total. The Morgan fingerprint density at radius 1 is 1.18 bits per heavy atom. The minimum atomic E-state index is 0.165. The molecule has 0 atom stereocenters. The lowest BCUT2D eigenvalue weighted by Crippen LogP contribution is -2.10. The second-order valence-electron chi connectivity index (χ2n) is 5.14. The van der Waals surface area contributed by atoms with Crippen LogP contribution in [0, 0.1) is 23.2 Å². The van der Waals surface area contributed by atoms with Crippen LogP contribution in [0.15, 0.2) is 24.3 Å². The molecule has 1 nitrogen and oxygen atoms in total. The van der Waals surface area contributed by atoms with Crippen molar-refractivity contribution in [2.45, 2.75) is 45.4 Å². The molecule has 1 aromatic rings. The van der Waals surface area contributed by atoms with Gasteiger partial charge in [0, 0.05) is 18.4 Å². The van der Waals surface area contributed by atoms with Crippen LogP contribution in [-0.4, -0.2) is 0 Å². The van der Waals surface area contributed by atoms with Gasteiger partial charge >= 0.3 is 0 Å². The fraction of sp³-hybridized carbons (Fsp3) is 0.438. The highest BCUT2D eigenvalue weighted by atomic mass is 14.2. The van der Waals surface area contributed by atoms with Crippen molar-refractivity contribution in [3.05, 3.63) is 35.4 Å². The molecule has 0 aliphatic rings. The first-order chi connectivity index (χ1) is 8.04. The summed E-state index contributed by atoms with van der Waals surface area (Å²) in [6.45, 7) is 6.60. The van der Waals surface area contributed by atoms with Gasteiger partial charge in [0.25, 0.3) is 0 Å². The van der Waals surface area contributed by atoms with E-state index in [4.69, 9.17) is 5.26 Å². The molecule has 0 unspecified atom stereocenters. The van der Waals surface area contributed by atoms with Crippen LogP contribution < -0.4 is 0 Å². The third-order valence-electron chi connectivity index (χ3n) is 2.55. The average Bonchev–Trinajstić information content (AvgIpc) is 2.28. The van der Waals surface area contributed by atoms with Crippen LogP contribution in [0.2, 0.25) is 0 Å². The molecule has 1 aromatic carbocycles. The normalized spacial score (nSPS) is 10.2. The van der Waals surface area contributed by atoms with Gasteiger partial charge in [-0.05, 0) is 29.5 Å². The number of nitrogens with zero attached hydrogens (tertiary/aromatic N) is 1. The molecule has 0 radical (unpaired) electrons. The van der Waals surface area contributed by atoms with Crippen molar-refractivity contribution in [3.8, 4) is 17.9 Å². The Morgan fingerprint density at radius 3 is 2.59 bits per heavy atom. The van der Waals surface area contributed by atoms with Gasteiger partial charge in [0.05, 0.1) is 6.07 Å². The molecule has 0 saturated heterocycles. The van der Waals surface area contributed by atoms with E-state index >= 15 is 0 Å². The predicted octanol–water partition coefficient (Wildman–Crippen LogP) is 4.03.